The number of hydrogen-bond donors (Lipinski definition) is 1. The highest BCUT2D eigenvalue weighted by Crippen LogP contribution is 2.33. The first-order chi connectivity index (χ1) is 8.45. The number of halogens is 1. The van der Waals surface area contributed by atoms with Gasteiger partial charge in [0.05, 0.1) is 3.79 Å². The Morgan fingerprint density at radius 3 is 2.50 bits per heavy atom. The summed E-state index contributed by atoms with van der Waals surface area (Å²) in [6.07, 6.45) is 1.75. The maximum absolute atomic E-state index is 12.4. The summed E-state index contributed by atoms with van der Waals surface area (Å²) in [5.41, 5.74) is 0.976. The monoisotopic (exact) mass is 352 g/mol. The van der Waals surface area contributed by atoms with Crippen LogP contribution in [0.1, 0.15) is 18.4 Å². The molecule has 0 aliphatic carbocycles. The van der Waals surface area contributed by atoms with Gasteiger partial charge in [0.1, 0.15) is 4.21 Å². The quantitative estimate of drug-likeness (QED) is 0.906. The molecule has 0 amide bonds. The van der Waals surface area contributed by atoms with Crippen molar-refractivity contribution in [3.8, 4) is 0 Å². The van der Waals surface area contributed by atoms with Gasteiger partial charge in [0.15, 0.2) is 0 Å². The van der Waals surface area contributed by atoms with E-state index in [4.69, 9.17) is 0 Å². The van der Waals surface area contributed by atoms with Gasteiger partial charge < -0.3 is 5.32 Å². The van der Waals surface area contributed by atoms with Crippen molar-refractivity contribution >= 4 is 37.3 Å². The van der Waals surface area contributed by atoms with Gasteiger partial charge in [-0.2, -0.15) is 4.31 Å². The molecule has 1 aliphatic heterocycles. The Kier molecular flexibility index (Phi) is 4.48. The highest BCUT2D eigenvalue weighted by molar-refractivity contribution is 9.11. The van der Waals surface area contributed by atoms with Gasteiger partial charge in [0.25, 0.3) is 10.0 Å². The van der Waals surface area contributed by atoms with E-state index in [1.807, 2.05) is 14.0 Å². The van der Waals surface area contributed by atoms with Crippen LogP contribution in [-0.4, -0.2) is 38.9 Å². The summed E-state index contributed by atoms with van der Waals surface area (Å²) in [6, 6.07) is 2.18. The summed E-state index contributed by atoms with van der Waals surface area (Å²) < 4.78 is 27.8. The molecule has 0 atom stereocenters. The first kappa shape index (κ1) is 14.5. The van der Waals surface area contributed by atoms with E-state index < -0.39 is 10.0 Å². The summed E-state index contributed by atoms with van der Waals surface area (Å²) >= 11 is 4.67. The molecule has 1 aromatic heterocycles. The van der Waals surface area contributed by atoms with E-state index in [2.05, 4.69) is 21.2 Å². The van der Waals surface area contributed by atoms with Crippen LogP contribution in [0.3, 0.4) is 0 Å². The van der Waals surface area contributed by atoms with Crippen LogP contribution in [0.2, 0.25) is 0 Å². The molecule has 2 rings (SSSR count). The number of hydrogen-bond acceptors (Lipinski definition) is 4. The zero-order valence-corrected chi connectivity index (χ0v) is 13.7. The molecular weight excluding hydrogens is 336 g/mol. The van der Waals surface area contributed by atoms with Gasteiger partial charge >= 0.3 is 0 Å². The number of thiophene rings is 1. The second kappa shape index (κ2) is 5.58. The molecule has 0 aromatic carbocycles. The van der Waals surface area contributed by atoms with E-state index in [1.54, 1.807) is 10.4 Å². The van der Waals surface area contributed by atoms with Crippen LogP contribution in [-0.2, 0) is 10.0 Å². The number of nitrogens with one attached hydrogen (secondary N) is 1. The summed E-state index contributed by atoms with van der Waals surface area (Å²) in [5, 5.41) is 3.20. The van der Waals surface area contributed by atoms with Gasteiger partial charge in [0, 0.05) is 19.1 Å². The van der Waals surface area contributed by atoms with Crippen molar-refractivity contribution in [3.05, 3.63) is 15.4 Å². The molecule has 1 N–H and O–H groups in total. The minimum absolute atomic E-state index is 0.438. The Morgan fingerprint density at radius 2 is 2.06 bits per heavy atom. The fraction of sp³-hybridized carbons (Fsp3) is 0.636. The Hall–Kier alpha value is 0.0500. The Balaban J connectivity index is 2.17. The first-order valence-corrected chi connectivity index (χ1v) is 8.93. The molecule has 0 unspecified atom stereocenters. The lowest BCUT2D eigenvalue weighted by molar-refractivity contribution is 0.299. The van der Waals surface area contributed by atoms with Crippen molar-refractivity contribution in [1.29, 1.82) is 0 Å². The van der Waals surface area contributed by atoms with E-state index in [0.717, 1.165) is 22.2 Å². The van der Waals surface area contributed by atoms with E-state index in [1.165, 1.54) is 11.3 Å². The zero-order chi connectivity index (χ0) is 13.3. The molecule has 1 aliphatic rings. The summed E-state index contributed by atoms with van der Waals surface area (Å²) in [6.45, 7) is 3.11. The smallest absolute Gasteiger partial charge is 0.252 e. The van der Waals surface area contributed by atoms with Crippen molar-refractivity contribution < 1.29 is 8.42 Å². The third-order valence-electron chi connectivity index (χ3n) is 3.29. The van der Waals surface area contributed by atoms with Crippen molar-refractivity contribution in [3.63, 3.8) is 0 Å². The standard InChI is InChI=1S/C11H17BrN2O2S2/c1-8-7-10(17-11(8)12)18(15,16)14-5-3-9(13-2)4-6-14/h7,9,13H,3-6H2,1-2H3. The molecule has 1 fully saturated rings. The van der Waals surface area contributed by atoms with Gasteiger partial charge in [-0.25, -0.2) is 8.42 Å². The van der Waals surface area contributed by atoms with Crippen LogP contribution < -0.4 is 5.32 Å². The lowest BCUT2D eigenvalue weighted by atomic mass is 10.1. The first-order valence-electron chi connectivity index (χ1n) is 5.88. The Morgan fingerprint density at radius 1 is 1.44 bits per heavy atom. The van der Waals surface area contributed by atoms with Gasteiger partial charge in [-0.1, -0.05) is 0 Å². The molecule has 2 heterocycles. The number of rotatable bonds is 3. The second-order valence-electron chi connectivity index (χ2n) is 4.49. The van der Waals surface area contributed by atoms with Gasteiger partial charge in [0.2, 0.25) is 0 Å². The normalized spacial score (nSPS) is 19.3. The third-order valence-corrected chi connectivity index (χ3v) is 7.78. The predicted octanol–water partition coefficient (Wildman–Crippen LogP) is 2.19. The van der Waals surface area contributed by atoms with Gasteiger partial charge in [-0.05, 0) is 54.4 Å². The molecule has 1 aromatic rings. The molecule has 18 heavy (non-hydrogen) atoms. The molecule has 1 saturated heterocycles. The number of piperidine rings is 1. The highest BCUT2D eigenvalue weighted by Gasteiger charge is 2.30. The Labute approximate surface area is 121 Å². The van der Waals surface area contributed by atoms with Gasteiger partial charge in [-0.15, -0.1) is 11.3 Å². The van der Waals surface area contributed by atoms with Crippen LogP contribution >= 0.6 is 27.3 Å². The largest absolute Gasteiger partial charge is 0.317 e. The van der Waals surface area contributed by atoms with Crippen molar-refractivity contribution in [2.24, 2.45) is 0 Å². The molecule has 7 heteroatoms. The molecule has 0 radical (unpaired) electrons. The molecule has 0 bridgehead atoms. The topological polar surface area (TPSA) is 49.4 Å². The number of sulfonamides is 1. The van der Waals surface area contributed by atoms with Crippen molar-refractivity contribution in [2.45, 2.75) is 30.0 Å². The average molecular weight is 353 g/mol. The minimum atomic E-state index is -3.30. The molecule has 4 nitrogen and oxygen atoms in total. The Bertz CT molecular complexity index is 500. The second-order valence-corrected chi connectivity index (χ2v) is 9.02. The number of aryl methyl sites for hydroxylation is 1. The fourth-order valence-corrected chi connectivity index (χ4v) is 5.92. The SMILES string of the molecule is CNC1CCN(S(=O)(=O)c2cc(C)c(Br)s2)CC1. The molecule has 102 valence electrons. The van der Waals surface area contributed by atoms with Crippen LogP contribution in [0.5, 0.6) is 0 Å². The fourth-order valence-electron chi connectivity index (χ4n) is 2.07. The lowest BCUT2D eigenvalue weighted by Gasteiger charge is -2.30. The van der Waals surface area contributed by atoms with Crippen molar-refractivity contribution in [2.75, 3.05) is 20.1 Å². The summed E-state index contributed by atoms with van der Waals surface area (Å²) in [7, 11) is -1.38. The number of nitrogens with zero attached hydrogens (tertiary/aromatic N) is 1. The maximum Gasteiger partial charge on any atom is 0.252 e. The molecule has 0 saturated carbocycles. The van der Waals surface area contributed by atoms with E-state index in [9.17, 15) is 8.42 Å². The summed E-state index contributed by atoms with van der Waals surface area (Å²) in [4.78, 5) is 0. The molecule has 0 spiro atoms. The lowest BCUT2D eigenvalue weighted by Crippen LogP contribution is -2.43. The van der Waals surface area contributed by atoms with E-state index >= 15 is 0 Å². The third kappa shape index (κ3) is 2.80. The van der Waals surface area contributed by atoms with Crippen LogP contribution in [0.4, 0.5) is 0 Å². The van der Waals surface area contributed by atoms with Crippen molar-refractivity contribution in [1.82, 2.24) is 9.62 Å². The van der Waals surface area contributed by atoms with E-state index in [-0.39, 0.29) is 0 Å². The average Bonchev–Trinajstić information content (AvgIpc) is 2.70. The van der Waals surface area contributed by atoms with Crippen LogP contribution in [0, 0.1) is 6.92 Å². The maximum atomic E-state index is 12.4. The predicted molar refractivity (Wildman–Crippen MR) is 77.6 cm³/mol. The summed E-state index contributed by atoms with van der Waals surface area (Å²) in [5.74, 6) is 0. The minimum Gasteiger partial charge on any atom is -0.317 e. The zero-order valence-electron chi connectivity index (χ0n) is 10.4. The van der Waals surface area contributed by atoms with Crippen LogP contribution in [0.15, 0.2) is 14.1 Å². The van der Waals surface area contributed by atoms with Crippen LogP contribution in [0.25, 0.3) is 0 Å². The highest BCUT2D eigenvalue weighted by atomic mass is 79.9. The van der Waals surface area contributed by atoms with E-state index in [0.29, 0.717) is 23.3 Å². The van der Waals surface area contributed by atoms with Gasteiger partial charge in [-0.3, -0.25) is 0 Å². The molecular formula is C11H17BrN2O2S2.